The summed E-state index contributed by atoms with van der Waals surface area (Å²) in [6, 6.07) is 0. The lowest BCUT2D eigenvalue weighted by molar-refractivity contribution is 0.615. The van der Waals surface area contributed by atoms with Crippen LogP contribution in [0.1, 0.15) is 13.8 Å². The average Bonchev–Trinajstić information content (AvgIpc) is 1.62. The van der Waals surface area contributed by atoms with Gasteiger partial charge in [-0.2, -0.15) is 0 Å². The van der Waals surface area contributed by atoms with E-state index in [-0.39, 0.29) is 4.91 Å². The van der Waals surface area contributed by atoms with E-state index in [4.69, 9.17) is 10.7 Å². The van der Waals surface area contributed by atoms with Crippen LogP contribution in [0.3, 0.4) is 0 Å². The van der Waals surface area contributed by atoms with E-state index in [1.54, 1.807) is 6.92 Å². The van der Waals surface area contributed by atoms with Gasteiger partial charge in [-0.05, 0) is 13.8 Å². The molecule has 0 heterocycles. The van der Waals surface area contributed by atoms with Crippen LogP contribution in [-0.4, -0.2) is 8.42 Å². The van der Waals surface area contributed by atoms with Crippen LogP contribution in [0.4, 0.5) is 0 Å². The van der Waals surface area contributed by atoms with E-state index < -0.39 is 9.05 Å². The Hall–Kier alpha value is -0.0200. The molecule has 0 atom stereocenters. The molecule has 0 amide bonds. The van der Waals surface area contributed by atoms with Gasteiger partial charge in [-0.1, -0.05) is 6.08 Å². The fraction of sp³-hybridized carbons (Fsp3) is 0.500. The van der Waals surface area contributed by atoms with Gasteiger partial charge in [0, 0.05) is 10.7 Å². The van der Waals surface area contributed by atoms with E-state index >= 15 is 0 Å². The van der Waals surface area contributed by atoms with E-state index in [9.17, 15) is 8.42 Å². The van der Waals surface area contributed by atoms with Crippen molar-refractivity contribution in [2.24, 2.45) is 0 Å². The van der Waals surface area contributed by atoms with Gasteiger partial charge in [-0.25, -0.2) is 8.42 Å². The smallest absolute Gasteiger partial charge is 0.207 e. The summed E-state index contributed by atoms with van der Waals surface area (Å²) in [6.45, 7) is 3.07. The van der Waals surface area contributed by atoms with E-state index in [2.05, 4.69) is 0 Å². The van der Waals surface area contributed by atoms with Gasteiger partial charge in [0.15, 0.2) is 0 Å². The van der Waals surface area contributed by atoms with Crippen LogP contribution in [0.15, 0.2) is 11.0 Å². The number of hydrogen-bond donors (Lipinski definition) is 0. The highest BCUT2D eigenvalue weighted by molar-refractivity contribution is 8.16. The Morgan fingerprint density at radius 1 is 1.62 bits per heavy atom. The Kier molecular flexibility index (Phi) is 2.50. The standard InChI is InChI=1S/C4H7ClO2S/c1-3-4(2)8(5,6)7/h3H,1-2H3/b4-3+. The molecule has 0 aromatic rings. The third-order valence-electron chi connectivity index (χ3n) is 0.791. The second-order valence-corrected chi connectivity index (χ2v) is 4.08. The summed E-state index contributed by atoms with van der Waals surface area (Å²) in [6.07, 6.45) is 1.45. The minimum Gasteiger partial charge on any atom is -0.207 e. The van der Waals surface area contributed by atoms with Gasteiger partial charge in [-0.15, -0.1) is 0 Å². The number of halogens is 1. The van der Waals surface area contributed by atoms with E-state index in [0.29, 0.717) is 0 Å². The van der Waals surface area contributed by atoms with Crippen molar-refractivity contribution >= 4 is 19.7 Å². The molecule has 0 aliphatic heterocycles. The SMILES string of the molecule is C/C=C(\C)S(=O)(=O)Cl. The van der Waals surface area contributed by atoms with Crippen molar-refractivity contribution in [1.29, 1.82) is 0 Å². The van der Waals surface area contributed by atoms with E-state index in [1.165, 1.54) is 13.0 Å². The molecule has 0 aliphatic rings. The van der Waals surface area contributed by atoms with Crippen molar-refractivity contribution in [1.82, 2.24) is 0 Å². The first-order valence-corrected chi connectivity index (χ1v) is 4.37. The Morgan fingerprint density at radius 2 is 2.00 bits per heavy atom. The van der Waals surface area contributed by atoms with Gasteiger partial charge >= 0.3 is 0 Å². The Labute approximate surface area is 53.6 Å². The van der Waals surface area contributed by atoms with Gasteiger partial charge in [0.1, 0.15) is 0 Å². The number of hydrogen-bond acceptors (Lipinski definition) is 2. The molecule has 8 heavy (non-hydrogen) atoms. The van der Waals surface area contributed by atoms with Crippen molar-refractivity contribution < 1.29 is 8.42 Å². The van der Waals surface area contributed by atoms with Crippen LogP contribution < -0.4 is 0 Å². The van der Waals surface area contributed by atoms with Gasteiger partial charge in [0.2, 0.25) is 0 Å². The zero-order valence-corrected chi connectivity index (χ0v) is 6.25. The molecule has 0 N–H and O–H groups in total. The van der Waals surface area contributed by atoms with Gasteiger partial charge in [0.25, 0.3) is 9.05 Å². The molecule has 0 unspecified atom stereocenters. The number of allylic oxidation sites excluding steroid dienone is 2. The lowest BCUT2D eigenvalue weighted by atomic mass is 10.6. The summed E-state index contributed by atoms with van der Waals surface area (Å²) < 4.78 is 20.5. The van der Waals surface area contributed by atoms with Crippen molar-refractivity contribution in [2.45, 2.75) is 13.8 Å². The summed E-state index contributed by atoms with van der Waals surface area (Å²) in [5, 5.41) is 0. The zero-order chi connectivity index (χ0) is 6.78. The third kappa shape index (κ3) is 2.33. The van der Waals surface area contributed by atoms with E-state index in [1.807, 2.05) is 0 Å². The van der Waals surface area contributed by atoms with E-state index in [0.717, 1.165) is 0 Å². The maximum absolute atomic E-state index is 10.3. The first kappa shape index (κ1) is 7.98. The molecular formula is C4H7ClO2S. The van der Waals surface area contributed by atoms with Crippen molar-refractivity contribution in [2.75, 3.05) is 0 Å². The molecule has 0 saturated heterocycles. The van der Waals surface area contributed by atoms with Crippen LogP contribution >= 0.6 is 10.7 Å². The first-order valence-electron chi connectivity index (χ1n) is 2.06. The second-order valence-electron chi connectivity index (χ2n) is 1.34. The molecule has 0 bridgehead atoms. The highest BCUT2D eigenvalue weighted by Crippen LogP contribution is 2.08. The maximum atomic E-state index is 10.3. The number of rotatable bonds is 1. The van der Waals surface area contributed by atoms with Crippen LogP contribution in [0.2, 0.25) is 0 Å². The first-order chi connectivity index (χ1) is 3.48. The predicted octanol–water partition coefficient (Wildman–Crippen LogP) is 1.48. The fourth-order valence-electron chi connectivity index (χ4n) is 0.141. The predicted molar refractivity (Wildman–Crippen MR) is 34.2 cm³/mol. The van der Waals surface area contributed by atoms with Crippen molar-refractivity contribution in [3.63, 3.8) is 0 Å². The Balaban J connectivity index is 4.55. The van der Waals surface area contributed by atoms with Crippen LogP contribution in [-0.2, 0) is 9.05 Å². The maximum Gasteiger partial charge on any atom is 0.256 e. The third-order valence-corrected chi connectivity index (χ3v) is 2.53. The Bertz CT molecular complexity index is 190. The monoisotopic (exact) mass is 154 g/mol. The molecule has 0 radical (unpaired) electrons. The summed E-state index contributed by atoms with van der Waals surface area (Å²) in [5.74, 6) is 0. The molecule has 0 saturated carbocycles. The van der Waals surface area contributed by atoms with Gasteiger partial charge in [-0.3, -0.25) is 0 Å². The quantitative estimate of drug-likeness (QED) is 0.537. The van der Waals surface area contributed by atoms with Crippen molar-refractivity contribution in [3.8, 4) is 0 Å². The van der Waals surface area contributed by atoms with Crippen LogP contribution in [0, 0.1) is 0 Å². The molecule has 0 rings (SSSR count). The summed E-state index contributed by atoms with van der Waals surface area (Å²) in [5.41, 5.74) is 0. The second kappa shape index (κ2) is 2.51. The highest BCUT2D eigenvalue weighted by Gasteiger charge is 2.04. The molecular weight excluding hydrogens is 148 g/mol. The minimum atomic E-state index is -3.42. The van der Waals surface area contributed by atoms with Crippen LogP contribution in [0.25, 0.3) is 0 Å². The van der Waals surface area contributed by atoms with Crippen molar-refractivity contribution in [3.05, 3.63) is 11.0 Å². The molecule has 0 fully saturated rings. The summed E-state index contributed by atoms with van der Waals surface area (Å²) >= 11 is 0. The molecule has 0 aliphatic carbocycles. The lowest BCUT2D eigenvalue weighted by Gasteiger charge is -1.88. The molecule has 0 aromatic heterocycles. The van der Waals surface area contributed by atoms with Gasteiger partial charge in [0.05, 0.1) is 4.91 Å². The molecule has 2 nitrogen and oxygen atoms in total. The molecule has 4 heteroatoms. The highest BCUT2D eigenvalue weighted by atomic mass is 35.7. The normalized spacial score (nSPS) is 14.1. The molecule has 0 spiro atoms. The Morgan fingerprint density at radius 3 is 2.00 bits per heavy atom. The molecule has 48 valence electrons. The zero-order valence-electron chi connectivity index (χ0n) is 4.68. The van der Waals surface area contributed by atoms with Crippen LogP contribution in [0.5, 0.6) is 0 Å². The average molecular weight is 155 g/mol. The lowest BCUT2D eigenvalue weighted by Crippen LogP contribution is -1.87. The summed E-state index contributed by atoms with van der Waals surface area (Å²) in [4.78, 5) is 0.194. The fourth-order valence-corrected chi connectivity index (χ4v) is 0.690. The topological polar surface area (TPSA) is 34.1 Å². The minimum absolute atomic E-state index is 0.194. The molecule has 0 aromatic carbocycles. The summed E-state index contributed by atoms with van der Waals surface area (Å²) in [7, 11) is 1.47. The largest absolute Gasteiger partial charge is 0.256 e. The van der Waals surface area contributed by atoms with Gasteiger partial charge < -0.3 is 0 Å².